The fourth-order valence-corrected chi connectivity index (χ4v) is 3.08. The molecule has 1 aliphatic rings. The van der Waals surface area contributed by atoms with Gasteiger partial charge in [0.25, 0.3) is 0 Å². The van der Waals surface area contributed by atoms with Gasteiger partial charge in [0.1, 0.15) is 0 Å². The van der Waals surface area contributed by atoms with Crippen LogP contribution >= 0.6 is 31.9 Å². The summed E-state index contributed by atoms with van der Waals surface area (Å²) in [5.41, 5.74) is 1.38. The molecule has 2 rings (SSSR count). The summed E-state index contributed by atoms with van der Waals surface area (Å²) >= 11 is 6.89. The number of nitrogens with zero attached hydrogens (tertiary/aromatic N) is 1. The monoisotopic (exact) mass is 362 g/mol. The number of aromatic nitrogens is 1. The Labute approximate surface area is 118 Å². The van der Waals surface area contributed by atoms with Crippen LogP contribution in [-0.2, 0) is 6.54 Å². The highest BCUT2D eigenvalue weighted by Crippen LogP contribution is 2.47. The SMILES string of the molecule is OCCC1(CNCc2ncc(Br)cc2Br)CC1. The third kappa shape index (κ3) is 3.74. The van der Waals surface area contributed by atoms with Crippen LogP contribution in [0.15, 0.2) is 21.2 Å². The number of hydrogen-bond donors (Lipinski definition) is 2. The van der Waals surface area contributed by atoms with Gasteiger partial charge < -0.3 is 10.4 Å². The lowest BCUT2D eigenvalue weighted by atomic mass is 10.0. The van der Waals surface area contributed by atoms with E-state index in [1.54, 1.807) is 0 Å². The van der Waals surface area contributed by atoms with E-state index in [0.29, 0.717) is 12.0 Å². The van der Waals surface area contributed by atoms with Crippen LogP contribution in [0.1, 0.15) is 25.0 Å². The summed E-state index contributed by atoms with van der Waals surface area (Å²) in [5.74, 6) is 0. The fraction of sp³-hybridized carbons (Fsp3) is 0.583. The first-order valence-electron chi connectivity index (χ1n) is 5.77. The molecule has 0 unspecified atom stereocenters. The van der Waals surface area contributed by atoms with E-state index in [1.807, 2.05) is 12.3 Å². The van der Waals surface area contributed by atoms with Crippen molar-refractivity contribution in [2.45, 2.75) is 25.8 Å². The average Bonchev–Trinajstić information content (AvgIpc) is 3.02. The molecule has 0 aromatic carbocycles. The lowest BCUT2D eigenvalue weighted by Gasteiger charge is -2.14. The average molecular weight is 364 g/mol. The van der Waals surface area contributed by atoms with Crippen molar-refractivity contribution in [2.75, 3.05) is 13.2 Å². The first-order chi connectivity index (χ1) is 8.15. The van der Waals surface area contributed by atoms with Gasteiger partial charge in [-0.15, -0.1) is 0 Å². The molecule has 0 aliphatic heterocycles. The Balaban J connectivity index is 1.82. The van der Waals surface area contributed by atoms with Crippen molar-refractivity contribution in [2.24, 2.45) is 5.41 Å². The minimum atomic E-state index is 0.294. The molecule has 0 amide bonds. The summed E-state index contributed by atoms with van der Waals surface area (Å²) in [6, 6.07) is 2.00. The second kappa shape index (κ2) is 5.78. The van der Waals surface area contributed by atoms with E-state index in [2.05, 4.69) is 42.2 Å². The number of nitrogens with one attached hydrogen (secondary N) is 1. The van der Waals surface area contributed by atoms with E-state index in [4.69, 9.17) is 5.11 Å². The summed E-state index contributed by atoms with van der Waals surface area (Å²) in [4.78, 5) is 4.36. The number of halogens is 2. The molecule has 0 radical (unpaired) electrons. The quantitative estimate of drug-likeness (QED) is 0.816. The van der Waals surface area contributed by atoms with Crippen LogP contribution in [0.25, 0.3) is 0 Å². The van der Waals surface area contributed by atoms with Gasteiger partial charge in [-0.1, -0.05) is 0 Å². The molecule has 0 spiro atoms. The Hall–Kier alpha value is 0.0300. The van der Waals surface area contributed by atoms with E-state index >= 15 is 0 Å². The van der Waals surface area contributed by atoms with Gasteiger partial charge in [-0.05, 0) is 62.6 Å². The van der Waals surface area contributed by atoms with Crippen LogP contribution in [0, 0.1) is 5.41 Å². The molecule has 2 N–H and O–H groups in total. The van der Waals surface area contributed by atoms with E-state index in [1.165, 1.54) is 12.8 Å². The zero-order chi connectivity index (χ0) is 12.3. The van der Waals surface area contributed by atoms with Crippen molar-refractivity contribution in [3.63, 3.8) is 0 Å². The molecule has 0 bridgehead atoms. The minimum absolute atomic E-state index is 0.294. The van der Waals surface area contributed by atoms with Crippen molar-refractivity contribution in [3.05, 3.63) is 26.9 Å². The zero-order valence-corrected chi connectivity index (χ0v) is 12.7. The molecule has 17 heavy (non-hydrogen) atoms. The minimum Gasteiger partial charge on any atom is -0.396 e. The van der Waals surface area contributed by atoms with E-state index in [-0.39, 0.29) is 0 Å². The Morgan fingerprint density at radius 2 is 2.18 bits per heavy atom. The van der Waals surface area contributed by atoms with Crippen molar-refractivity contribution in [1.82, 2.24) is 10.3 Å². The van der Waals surface area contributed by atoms with Crippen molar-refractivity contribution >= 4 is 31.9 Å². The topological polar surface area (TPSA) is 45.1 Å². The van der Waals surface area contributed by atoms with Gasteiger partial charge in [-0.2, -0.15) is 0 Å². The third-order valence-electron chi connectivity index (χ3n) is 3.28. The Morgan fingerprint density at radius 3 is 2.76 bits per heavy atom. The Bertz CT molecular complexity index is 394. The molecule has 1 fully saturated rings. The van der Waals surface area contributed by atoms with Crippen molar-refractivity contribution < 1.29 is 5.11 Å². The Morgan fingerprint density at radius 1 is 1.41 bits per heavy atom. The molecule has 0 atom stereocenters. The standard InChI is InChI=1S/C12H16Br2N2O/c13-9-5-10(14)11(16-6-9)7-15-8-12(1-2-12)3-4-17/h5-6,15,17H,1-4,7-8H2. The largest absolute Gasteiger partial charge is 0.396 e. The first kappa shape index (κ1) is 13.5. The second-order valence-electron chi connectivity index (χ2n) is 4.66. The maximum Gasteiger partial charge on any atom is 0.0684 e. The predicted molar refractivity (Wildman–Crippen MR) is 74.7 cm³/mol. The van der Waals surface area contributed by atoms with Crippen LogP contribution in [0.4, 0.5) is 0 Å². The molecular weight excluding hydrogens is 348 g/mol. The maximum absolute atomic E-state index is 8.98. The van der Waals surface area contributed by atoms with Gasteiger partial charge in [-0.3, -0.25) is 4.98 Å². The molecule has 94 valence electrons. The second-order valence-corrected chi connectivity index (χ2v) is 6.43. The van der Waals surface area contributed by atoms with Crippen LogP contribution in [0.3, 0.4) is 0 Å². The smallest absolute Gasteiger partial charge is 0.0684 e. The van der Waals surface area contributed by atoms with Gasteiger partial charge in [-0.25, -0.2) is 0 Å². The van der Waals surface area contributed by atoms with Gasteiger partial charge in [0.05, 0.1) is 5.69 Å². The number of aliphatic hydroxyl groups excluding tert-OH is 1. The molecule has 0 saturated heterocycles. The molecule has 1 saturated carbocycles. The summed E-state index contributed by atoms with van der Waals surface area (Å²) in [6.45, 7) is 2.03. The third-order valence-corrected chi connectivity index (χ3v) is 4.40. The van der Waals surface area contributed by atoms with Crippen LogP contribution < -0.4 is 5.32 Å². The first-order valence-corrected chi connectivity index (χ1v) is 7.35. The van der Waals surface area contributed by atoms with Gasteiger partial charge in [0.2, 0.25) is 0 Å². The van der Waals surface area contributed by atoms with Crippen LogP contribution in [-0.4, -0.2) is 23.2 Å². The van der Waals surface area contributed by atoms with Gasteiger partial charge >= 0.3 is 0 Å². The van der Waals surface area contributed by atoms with Crippen LogP contribution in [0.5, 0.6) is 0 Å². The highest BCUT2D eigenvalue weighted by Gasteiger charge is 2.41. The van der Waals surface area contributed by atoms with E-state index in [9.17, 15) is 0 Å². The maximum atomic E-state index is 8.98. The molecule has 1 aliphatic carbocycles. The lowest BCUT2D eigenvalue weighted by Crippen LogP contribution is -2.25. The van der Waals surface area contributed by atoms with Crippen molar-refractivity contribution in [3.8, 4) is 0 Å². The normalized spacial score (nSPS) is 17.1. The number of hydrogen-bond acceptors (Lipinski definition) is 3. The summed E-state index contributed by atoms with van der Waals surface area (Å²) in [5, 5.41) is 12.4. The van der Waals surface area contributed by atoms with E-state index in [0.717, 1.165) is 34.1 Å². The highest BCUT2D eigenvalue weighted by molar-refractivity contribution is 9.11. The zero-order valence-electron chi connectivity index (χ0n) is 9.55. The predicted octanol–water partition coefficient (Wildman–Crippen LogP) is 2.86. The summed E-state index contributed by atoms with van der Waals surface area (Å²) in [7, 11) is 0. The summed E-state index contributed by atoms with van der Waals surface area (Å²) in [6.07, 6.45) is 5.18. The molecule has 1 heterocycles. The summed E-state index contributed by atoms with van der Waals surface area (Å²) < 4.78 is 2.00. The van der Waals surface area contributed by atoms with Gasteiger partial charge in [0, 0.05) is 34.8 Å². The Kier molecular flexibility index (Phi) is 4.58. The molecular formula is C12H16Br2N2O. The molecule has 5 heteroatoms. The highest BCUT2D eigenvalue weighted by atomic mass is 79.9. The van der Waals surface area contributed by atoms with E-state index < -0.39 is 0 Å². The molecule has 1 aromatic rings. The van der Waals surface area contributed by atoms with Crippen molar-refractivity contribution in [1.29, 1.82) is 0 Å². The van der Waals surface area contributed by atoms with Gasteiger partial charge in [0.15, 0.2) is 0 Å². The number of pyridine rings is 1. The van der Waals surface area contributed by atoms with Crippen LogP contribution in [0.2, 0.25) is 0 Å². The number of aliphatic hydroxyl groups is 1. The number of rotatable bonds is 6. The molecule has 1 aromatic heterocycles. The lowest BCUT2D eigenvalue weighted by molar-refractivity contribution is 0.245. The fourth-order valence-electron chi connectivity index (χ4n) is 1.95. The molecule has 3 nitrogen and oxygen atoms in total.